The minimum Gasteiger partial charge on any atom is -0.508 e. The molecule has 0 bridgehead atoms. The van der Waals surface area contributed by atoms with Crippen molar-refractivity contribution in [1.29, 1.82) is 0 Å². The lowest BCUT2D eigenvalue weighted by Gasteiger charge is -2.21. The first-order valence-corrected chi connectivity index (χ1v) is 12.6. The summed E-state index contributed by atoms with van der Waals surface area (Å²) in [6.45, 7) is 0. The minimum absolute atomic E-state index is 0.0207. The summed E-state index contributed by atoms with van der Waals surface area (Å²) in [4.78, 5) is 0. The summed E-state index contributed by atoms with van der Waals surface area (Å²) >= 11 is 15.2. The van der Waals surface area contributed by atoms with E-state index in [-0.39, 0.29) is 17.4 Å². The Balaban J connectivity index is 1.93. The van der Waals surface area contributed by atoms with Gasteiger partial charge >= 0.3 is 0 Å². The highest BCUT2D eigenvalue weighted by Crippen LogP contribution is 2.59. The second-order valence-corrected chi connectivity index (χ2v) is 10.6. The second-order valence-electron chi connectivity index (χ2n) is 7.38. The van der Waals surface area contributed by atoms with Crippen molar-refractivity contribution in [2.75, 3.05) is 0 Å². The van der Waals surface area contributed by atoms with E-state index in [1.54, 1.807) is 24.3 Å². The summed E-state index contributed by atoms with van der Waals surface area (Å²) in [5.41, 5.74) is 7.79. The van der Waals surface area contributed by atoms with Crippen LogP contribution >= 0.6 is 63.7 Å². The second kappa shape index (κ2) is 8.07. The van der Waals surface area contributed by atoms with E-state index in [9.17, 15) is 10.2 Å². The molecule has 0 radical (unpaired) electrons. The molecule has 0 aromatic heterocycles. The van der Waals surface area contributed by atoms with Crippen LogP contribution in [0.3, 0.4) is 0 Å². The smallest absolute Gasteiger partial charge is 0.115 e. The van der Waals surface area contributed by atoms with Gasteiger partial charge in [-0.2, -0.15) is 0 Å². The summed E-state index contributed by atoms with van der Waals surface area (Å²) in [5, 5.41) is 19.7. The van der Waals surface area contributed by atoms with Gasteiger partial charge in [0.1, 0.15) is 11.5 Å². The van der Waals surface area contributed by atoms with E-state index in [0.29, 0.717) is 0 Å². The van der Waals surface area contributed by atoms with E-state index in [2.05, 4.69) is 81.9 Å². The van der Waals surface area contributed by atoms with Gasteiger partial charge in [0.2, 0.25) is 0 Å². The molecular weight excluding hydrogens is 652 g/mol. The number of phenols is 2. The lowest BCUT2D eigenvalue weighted by Crippen LogP contribution is -2.02. The van der Waals surface area contributed by atoms with E-state index < -0.39 is 0 Å². The van der Waals surface area contributed by atoms with Crippen LogP contribution in [-0.2, 0) is 0 Å². The number of aromatic hydroxyl groups is 2. The fourth-order valence-electron chi connectivity index (χ4n) is 4.33. The highest BCUT2D eigenvalue weighted by Gasteiger charge is 2.37. The van der Waals surface area contributed by atoms with Crippen LogP contribution < -0.4 is 0 Å². The summed E-state index contributed by atoms with van der Waals surface area (Å²) < 4.78 is 3.88. The van der Waals surface area contributed by atoms with Crippen molar-refractivity contribution in [2.24, 2.45) is 0 Å². The third kappa shape index (κ3) is 3.39. The highest BCUT2D eigenvalue weighted by atomic mass is 79.9. The Morgan fingerprint density at radius 3 is 1.81 bits per heavy atom. The number of hydrogen-bond donors (Lipinski definition) is 2. The SMILES string of the molecule is Oc1ccc(-c2c(Br)c(Br)c(Br)c3c2C(c2ccc(O)cc2)c2cccc(Br)c2-3)cc1. The summed E-state index contributed by atoms with van der Waals surface area (Å²) in [6, 6.07) is 21.0. The van der Waals surface area contributed by atoms with Crippen molar-refractivity contribution in [1.82, 2.24) is 0 Å². The molecule has 0 spiro atoms. The first-order chi connectivity index (χ1) is 14.9. The molecule has 1 aliphatic rings. The van der Waals surface area contributed by atoms with Gasteiger partial charge in [-0.05, 0) is 100 Å². The Hall–Kier alpha value is -1.60. The van der Waals surface area contributed by atoms with Crippen LogP contribution in [0.25, 0.3) is 22.3 Å². The Morgan fingerprint density at radius 1 is 0.581 bits per heavy atom. The van der Waals surface area contributed by atoms with Crippen LogP contribution in [0, 0.1) is 0 Å². The molecule has 4 aromatic carbocycles. The molecular formula is C25H14Br4O2. The molecule has 2 nitrogen and oxygen atoms in total. The fraction of sp³-hybridized carbons (Fsp3) is 0.0400. The molecule has 0 amide bonds. The molecule has 1 atom stereocenters. The Morgan fingerprint density at radius 2 is 1.16 bits per heavy atom. The van der Waals surface area contributed by atoms with E-state index >= 15 is 0 Å². The van der Waals surface area contributed by atoms with Crippen molar-refractivity contribution >= 4 is 63.7 Å². The maximum absolute atomic E-state index is 9.86. The zero-order valence-corrected chi connectivity index (χ0v) is 22.2. The number of halogens is 4. The average molecular weight is 666 g/mol. The third-order valence-electron chi connectivity index (χ3n) is 5.64. The number of rotatable bonds is 2. The van der Waals surface area contributed by atoms with Crippen LogP contribution in [-0.4, -0.2) is 10.2 Å². The molecule has 0 aliphatic heterocycles. The van der Waals surface area contributed by atoms with Crippen LogP contribution in [0.2, 0.25) is 0 Å². The topological polar surface area (TPSA) is 40.5 Å². The van der Waals surface area contributed by atoms with Crippen molar-refractivity contribution < 1.29 is 10.2 Å². The monoisotopic (exact) mass is 662 g/mol. The molecule has 1 aliphatic carbocycles. The van der Waals surface area contributed by atoms with Gasteiger partial charge in [-0.3, -0.25) is 0 Å². The van der Waals surface area contributed by atoms with Gasteiger partial charge in [0.05, 0.1) is 0 Å². The fourth-order valence-corrected chi connectivity index (χ4v) is 6.83. The van der Waals surface area contributed by atoms with E-state index in [4.69, 9.17) is 0 Å². The van der Waals surface area contributed by atoms with E-state index in [1.165, 1.54) is 11.1 Å². The molecule has 31 heavy (non-hydrogen) atoms. The molecule has 154 valence electrons. The summed E-state index contributed by atoms with van der Waals surface area (Å²) in [5.74, 6) is 0.453. The van der Waals surface area contributed by atoms with E-state index in [0.717, 1.165) is 45.7 Å². The molecule has 0 saturated carbocycles. The zero-order valence-electron chi connectivity index (χ0n) is 15.8. The van der Waals surface area contributed by atoms with E-state index in [1.807, 2.05) is 24.3 Å². The quantitative estimate of drug-likeness (QED) is 0.185. The largest absolute Gasteiger partial charge is 0.508 e. The predicted octanol–water partition coefficient (Wildman–Crippen LogP) is 8.98. The molecule has 6 heteroatoms. The predicted molar refractivity (Wildman–Crippen MR) is 139 cm³/mol. The molecule has 4 aromatic rings. The standard InChI is InChI=1S/C25H14Br4O2/c26-17-3-1-2-16-18(12-4-8-14(30)9-5-12)21-19(13-6-10-15(31)11-7-13)23(27)25(29)24(28)22(21)20(16)17/h1-11,18,30-31H. The van der Waals surface area contributed by atoms with Crippen molar-refractivity contribution in [3.8, 4) is 33.8 Å². The molecule has 0 heterocycles. The molecule has 0 fully saturated rings. The lowest BCUT2D eigenvalue weighted by atomic mass is 9.85. The van der Waals surface area contributed by atoms with Crippen LogP contribution in [0.1, 0.15) is 22.6 Å². The van der Waals surface area contributed by atoms with Crippen molar-refractivity contribution in [2.45, 2.75) is 5.92 Å². The summed E-state index contributed by atoms with van der Waals surface area (Å²) in [7, 11) is 0. The van der Waals surface area contributed by atoms with Crippen molar-refractivity contribution in [3.63, 3.8) is 0 Å². The van der Waals surface area contributed by atoms with Gasteiger partial charge in [-0.25, -0.2) is 0 Å². The number of phenolic OH excluding ortho intramolecular Hbond substituents is 2. The third-order valence-corrected chi connectivity index (χ3v) is 9.74. The highest BCUT2D eigenvalue weighted by molar-refractivity contribution is 9.14. The maximum atomic E-state index is 9.86. The number of benzene rings is 4. The van der Waals surface area contributed by atoms with Gasteiger partial charge in [-0.1, -0.05) is 52.3 Å². The summed E-state index contributed by atoms with van der Waals surface area (Å²) in [6.07, 6.45) is 0. The Bertz CT molecular complexity index is 1330. The molecule has 0 saturated heterocycles. The molecule has 5 rings (SSSR count). The lowest BCUT2D eigenvalue weighted by molar-refractivity contribution is 0.474. The number of hydrogen-bond acceptors (Lipinski definition) is 2. The zero-order chi connectivity index (χ0) is 21.9. The first kappa shape index (κ1) is 21.3. The molecule has 1 unspecified atom stereocenters. The molecule has 2 N–H and O–H groups in total. The van der Waals surface area contributed by atoms with Crippen molar-refractivity contribution in [3.05, 3.63) is 101 Å². The van der Waals surface area contributed by atoms with Gasteiger partial charge < -0.3 is 10.2 Å². The van der Waals surface area contributed by atoms with Gasteiger partial charge in [-0.15, -0.1) is 0 Å². The Kier molecular flexibility index (Phi) is 5.53. The van der Waals surface area contributed by atoms with Gasteiger partial charge in [0.15, 0.2) is 0 Å². The number of fused-ring (bicyclic) bond motifs is 3. The van der Waals surface area contributed by atoms with Gasteiger partial charge in [0.25, 0.3) is 0 Å². The van der Waals surface area contributed by atoms with Crippen LogP contribution in [0.5, 0.6) is 11.5 Å². The average Bonchev–Trinajstić information content (AvgIpc) is 3.10. The normalized spacial score (nSPS) is 14.4. The van der Waals surface area contributed by atoms with Gasteiger partial charge in [0, 0.05) is 40.5 Å². The van der Waals surface area contributed by atoms with Crippen LogP contribution in [0.4, 0.5) is 0 Å². The van der Waals surface area contributed by atoms with Crippen LogP contribution in [0.15, 0.2) is 84.6 Å². The minimum atomic E-state index is -0.0207. The Labute approximate surface area is 213 Å². The first-order valence-electron chi connectivity index (χ1n) is 9.46. The maximum Gasteiger partial charge on any atom is 0.115 e.